The van der Waals surface area contributed by atoms with Gasteiger partial charge in [-0.2, -0.15) is 0 Å². The zero-order valence-electron chi connectivity index (χ0n) is 14.0. The Kier molecular flexibility index (Phi) is 5.66. The number of ether oxygens (including phenoxy) is 2. The molecule has 0 bridgehead atoms. The Hall–Kier alpha value is -3.12. The summed E-state index contributed by atoms with van der Waals surface area (Å²) in [5.74, 6) is -0.348. The molecule has 6 heteroatoms. The molecule has 5 nitrogen and oxygen atoms in total. The number of carbonyl (C=O) groups excluding carboxylic acids is 2. The maximum Gasteiger partial charge on any atom is 0.349 e. The van der Waals surface area contributed by atoms with Crippen molar-refractivity contribution in [1.82, 2.24) is 0 Å². The van der Waals surface area contributed by atoms with Crippen LogP contribution in [0, 0.1) is 0 Å². The van der Waals surface area contributed by atoms with Gasteiger partial charge in [0.15, 0.2) is 0 Å². The zero-order chi connectivity index (χ0) is 18.4. The third-order valence-electron chi connectivity index (χ3n) is 3.62. The second-order valence-corrected chi connectivity index (χ2v) is 6.34. The third-order valence-corrected chi connectivity index (χ3v) is 4.47. The van der Waals surface area contributed by atoms with Gasteiger partial charge in [-0.05, 0) is 23.6 Å². The molecule has 1 amide bonds. The number of hydrogen-bond donors (Lipinski definition) is 1. The number of benzene rings is 2. The van der Waals surface area contributed by atoms with Gasteiger partial charge in [-0.1, -0.05) is 42.5 Å². The Morgan fingerprint density at radius 1 is 1.00 bits per heavy atom. The first-order chi connectivity index (χ1) is 12.7. The van der Waals surface area contributed by atoms with Crippen LogP contribution >= 0.6 is 11.3 Å². The maximum absolute atomic E-state index is 12.8. The van der Waals surface area contributed by atoms with Crippen LogP contribution in [0.3, 0.4) is 0 Å². The summed E-state index contributed by atoms with van der Waals surface area (Å²) in [5, 5.41) is 4.56. The quantitative estimate of drug-likeness (QED) is 0.660. The second-order valence-electron chi connectivity index (χ2n) is 5.39. The van der Waals surface area contributed by atoms with Crippen LogP contribution in [0.15, 0.2) is 72.1 Å². The normalized spacial score (nSPS) is 11.4. The molecule has 0 aliphatic heterocycles. The van der Waals surface area contributed by atoms with Gasteiger partial charge in [0, 0.05) is 17.3 Å². The van der Waals surface area contributed by atoms with E-state index in [4.69, 9.17) is 9.47 Å². The van der Waals surface area contributed by atoms with E-state index >= 15 is 0 Å². The largest absolute Gasteiger partial charge is 0.497 e. The van der Waals surface area contributed by atoms with E-state index in [-0.39, 0.29) is 0 Å². The van der Waals surface area contributed by atoms with Crippen molar-refractivity contribution < 1.29 is 19.1 Å². The molecule has 2 aromatic carbocycles. The van der Waals surface area contributed by atoms with Crippen molar-refractivity contribution in [3.8, 4) is 5.75 Å². The minimum atomic E-state index is -1.06. The molecule has 1 unspecified atom stereocenters. The highest BCUT2D eigenvalue weighted by Gasteiger charge is 2.26. The smallest absolute Gasteiger partial charge is 0.349 e. The molecule has 3 rings (SSSR count). The van der Waals surface area contributed by atoms with E-state index in [0.717, 1.165) is 0 Å². The molecule has 1 heterocycles. The van der Waals surface area contributed by atoms with Crippen LogP contribution in [0.2, 0.25) is 0 Å². The van der Waals surface area contributed by atoms with Crippen molar-refractivity contribution in [3.05, 3.63) is 82.6 Å². The van der Waals surface area contributed by atoms with Crippen molar-refractivity contribution in [2.24, 2.45) is 0 Å². The highest BCUT2D eigenvalue weighted by Crippen LogP contribution is 2.24. The number of rotatable bonds is 6. The lowest BCUT2D eigenvalue weighted by molar-refractivity contribution is -0.125. The van der Waals surface area contributed by atoms with E-state index < -0.39 is 18.0 Å². The van der Waals surface area contributed by atoms with E-state index in [0.29, 0.717) is 21.9 Å². The fraction of sp³-hybridized carbons (Fsp3) is 0.100. The molecule has 0 saturated carbocycles. The number of nitrogens with one attached hydrogen (secondary N) is 1. The standard InChI is InChI=1S/C20H17NO4S/c1-24-16-10-5-9-15(13-16)21-19(22)18(14-7-3-2-4-8-14)25-20(23)17-11-6-12-26-17/h2-13,18H,1H3,(H,21,22). The summed E-state index contributed by atoms with van der Waals surface area (Å²) in [6.45, 7) is 0. The van der Waals surface area contributed by atoms with Crippen molar-refractivity contribution in [2.75, 3.05) is 12.4 Å². The zero-order valence-corrected chi connectivity index (χ0v) is 14.9. The van der Waals surface area contributed by atoms with Crippen LogP contribution in [0.5, 0.6) is 5.75 Å². The fourth-order valence-corrected chi connectivity index (χ4v) is 2.97. The first-order valence-electron chi connectivity index (χ1n) is 7.92. The van der Waals surface area contributed by atoms with Crippen LogP contribution in [-0.4, -0.2) is 19.0 Å². The highest BCUT2D eigenvalue weighted by atomic mass is 32.1. The lowest BCUT2D eigenvalue weighted by Crippen LogP contribution is -2.25. The SMILES string of the molecule is COc1cccc(NC(=O)C(OC(=O)c2cccs2)c2ccccc2)c1. The number of carbonyl (C=O) groups is 2. The van der Waals surface area contributed by atoms with Gasteiger partial charge in [0.05, 0.1) is 7.11 Å². The van der Waals surface area contributed by atoms with E-state index in [1.165, 1.54) is 11.3 Å². The van der Waals surface area contributed by atoms with Crippen molar-refractivity contribution >= 4 is 28.9 Å². The van der Waals surface area contributed by atoms with E-state index in [1.807, 2.05) is 6.07 Å². The first-order valence-corrected chi connectivity index (χ1v) is 8.79. The number of thiophene rings is 1. The Bertz CT molecular complexity index is 878. The van der Waals surface area contributed by atoms with Crippen molar-refractivity contribution in [2.45, 2.75) is 6.10 Å². The summed E-state index contributed by atoms with van der Waals surface area (Å²) >= 11 is 1.27. The molecule has 1 atom stereocenters. The molecule has 1 aromatic heterocycles. The van der Waals surface area contributed by atoms with Gasteiger partial charge in [0.1, 0.15) is 10.6 Å². The molecular weight excluding hydrogens is 350 g/mol. The maximum atomic E-state index is 12.8. The first kappa shape index (κ1) is 17.7. The van der Waals surface area contributed by atoms with Gasteiger partial charge < -0.3 is 14.8 Å². The monoisotopic (exact) mass is 367 g/mol. The third kappa shape index (κ3) is 4.29. The van der Waals surface area contributed by atoms with Crippen LogP contribution in [0.1, 0.15) is 21.3 Å². The predicted molar refractivity (Wildman–Crippen MR) is 101 cm³/mol. The molecule has 132 valence electrons. The van der Waals surface area contributed by atoms with Crippen LogP contribution < -0.4 is 10.1 Å². The molecular formula is C20H17NO4S. The van der Waals surface area contributed by atoms with Gasteiger partial charge in [-0.25, -0.2) is 4.79 Å². The molecule has 0 aliphatic carbocycles. The van der Waals surface area contributed by atoms with E-state index in [2.05, 4.69) is 5.32 Å². The number of amides is 1. The minimum absolute atomic E-state index is 0.436. The average Bonchev–Trinajstić information content (AvgIpc) is 3.21. The fourth-order valence-electron chi connectivity index (χ4n) is 2.37. The number of esters is 1. The lowest BCUT2D eigenvalue weighted by atomic mass is 10.1. The Balaban J connectivity index is 1.82. The lowest BCUT2D eigenvalue weighted by Gasteiger charge is -2.18. The molecule has 3 aromatic rings. The molecule has 0 spiro atoms. The summed E-state index contributed by atoms with van der Waals surface area (Å²) in [4.78, 5) is 25.6. The molecule has 0 fully saturated rings. The van der Waals surface area contributed by atoms with E-state index in [1.54, 1.807) is 73.2 Å². The second kappa shape index (κ2) is 8.31. The Labute approximate surface area is 155 Å². The number of anilines is 1. The predicted octanol–water partition coefficient (Wildman–Crippen LogP) is 4.29. The summed E-state index contributed by atoms with van der Waals surface area (Å²) in [6, 6.07) is 19.3. The van der Waals surface area contributed by atoms with Gasteiger partial charge in [0.25, 0.3) is 5.91 Å². The molecule has 0 saturated heterocycles. The summed E-state index contributed by atoms with van der Waals surface area (Å²) < 4.78 is 10.7. The molecule has 26 heavy (non-hydrogen) atoms. The van der Waals surface area contributed by atoms with Gasteiger partial charge in [-0.15, -0.1) is 11.3 Å². The summed E-state index contributed by atoms with van der Waals surface area (Å²) in [6.07, 6.45) is -1.06. The Morgan fingerprint density at radius 3 is 2.50 bits per heavy atom. The van der Waals surface area contributed by atoms with Crippen LogP contribution in [-0.2, 0) is 9.53 Å². The van der Waals surface area contributed by atoms with E-state index in [9.17, 15) is 9.59 Å². The van der Waals surface area contributed by atoms with Crippen LogP contribution in [0.25, 0.3) is 0 Å². The van der Waals surface area contributed by atoms with Gasteiger partial charge >= 0.3 is 5.97 Å². The van der Waals surface area contributed by atoms with Crippen molar-refractivity contribution in [1.29, 1.82) is 0 Å². The van der Waals surface area contributed by atoms with Gasteiger partial charge in [0.2, 0.25) is 6.10 Å². The topological polar surface area (TPSA) is 64.6 Å². The van der Waals surface area contributed by atoms with Crippen LogP contribution in [0.4, 0.5) is 5.69 Å². The summed E-state index contributed by atoms with van der Waals surface area (Å²) in [7, 11) is 1.55. The summed E-state index contributed by atoms with van der Waals surface area (Å²) in [5.41, 5.74) is 1.15. The van der Waals surface area contributed by atoms with Gasteiger partial charge in [-0.3, -0.25) is 4.79 Å². The molecule has 0 radical (unpaired) electrons. The minimum Gasteiger partial charge on any atom is -0.497 e. The molecule has 0 aliphatic rings. The average molecular weight is 367 g/mol. The molecule has 1 N–H and O–H groups in total. The van der Waals surface area contributed by atoms with Crippen molar-refractivity contribution in [3.63, 3.8) is 0 Å². The highest BCUT2D eigenvalue weighted by molar-refractivity contribution is 7.11. The Morgan fingerprint density at radius 2 is 1.81 bits per heavy atom. The number of hydrogen-bond acceptors (Lipinski definition) is 5. The number of methoxy groups -OCH3 is 1.